The van der Waals surface area contributed by atoms with E-state index in [2.05, 4.69) is 0 Å². The summed E-state index contributed by atoms with van der Waals surface area (Å²) in [6, 6.07) is 1.90. The Bertz CT molecular complexity index is 456. The lowest BCUT2D eigenvalue weighted by Crippen LogP contribution is -2.42. The van der Waals surface area contributed by atoms with E-state index in [1.165, 1.54) is 11.3 Å². The summed E-state index contributed by atoms with van der Waals surface area (Å²) in [5, 5.41) is 9.69. The van der Waals surface area contributed by atoms with Crippen LogP contribution in [0, 0.1) is 12.8 Å². The second-order valence-electron chi connectivity index (χ2n) is 5.15. The van der Waals surface area contributed by atoms with Gasteiger partial charge in [-0.1, -0.05) is 0 Å². The first-order chi connectivity index (χ1) is 9.02. The minimum Gasteiger partial charge on any atom is -0.495 e. The van der Waals surface area contributed by atoms with E-state index in [0.29, 0.717) is 17.2 Å². The molecule has 1 fully saturated rings. The molecule has 0 bridgehead atoms. The Morgan fingerprint density at radius 2 is 2.37 bits per heavy atom. The first-order valence-corrected chi connectivity index (χ1v) is 7.46. The van der Waals surface area contributed by atoms with Crippen molar-refractivity contribution in [3.8, 4) is 5.75 Å². The van der Waals surface area contributed by atoms with Gasteiger partial charge in [0.15, 0.2) is 0 Å². The van der Waals surface area contributed by atoms with Gasteiger partial charge in [-0.05, 0) is 32.8 Å². The van der Waals surface area contributed by atoms with Crippen LogP contribution in [0.1, 0.15) is 34.3 Å². The van der Waals surface area contributed by atoms with E-state index in [0.717, 1.165) is 24.3 Å². The molecule has 4 nitrogen and oxygen atoms in total. The lowest BCUT2D eigenvalue weighted by atomic mass is 9.93. The molecule has 1 aromatic rings. The third-order valence-electron chi connectivity index (χ3n) is 3.66. The lowest BCUT2D eigenvalue weighted by Gasteiger charge is -2.34. The normalized spacial score (nSPS) is 21.3. The van der Waals surface area contributed by atoms with E-state index < -0.39 is 0 Å². The molecule has 1 aliphatic heterocycles. The molecular weight excluding hydrogens is 262 g/mol. The van der Waals surface area contributed by atoms with E-state index in [4.69, 9.17) is 4.74 Å². The minimum absolute atomic E-state index is 0.0281. The Morgan fingerprint density at radius 3 is 3.00 bits per heavy atom. The maximum absolute atomic E-state index is 12.5. The second-order valence-corrected chi connectivity index (χ2v) is 6.40. The highest BCUT2D eigenvalue weighted by molar-refractivity contribution is 7.14. The summed E-state index contributed by atoms with van der Waals surface area (Å²) in [7, 11) is 1.59. The van der Waals surface area contributed by atoms with Gasteiger partial charge in [0, 0.05) is 23.9 Å². The van der Waals surface area contributed by atoms with E-state index >= 15 is 0 Å². The van der Waals surface area contributed by atoms with Gasteiger partial charge in [0.05, 0.1) is 13.2 Å². The van der Waals surface area contributed by atoms with Crippen molar-refractivity contribution in [1.29, 1.82) is 0 Å². The molecule has 1 aliphatic rings. The SMILES string of the molecule is COc1cc(C)sc1C(=O)N1CCCC(C(C)O)C1. The molecule has 1 amide bonds. The van der Waals surface area contributed by atoms with Crippen LogP contribution in [0.5, 0.6) is 5.75 Å². The number of carbonyl (C=O) groups is 1. The Balaban J connectivity index is 2.14. The molecule has 0 saturated carbocycles. The number of aliphatic hydroxyl groups excluding tert-OH is 1. The van der Waals surface area contributed by atoms with Gasteiger partial charge in [0.25, 0.3) is 5.91 Å². The molecule has 0 spiro atoms. The van der Waals surface area contributed by atoms with Gasteiger partial charge in [0.1, 0.15) is 10.6 Å². The maximum Gasteiger partial charge on any atom is 0.267 e. The van der Waals surface area contributed by atoms with Crippen LogP contribution in [0.2, 0.25) is 0 Å². The number of ether oxygens (including phenoxy) is 1. The molecule has 2 atom stereocenters. The number of nitrogens with zero attached hydrogens (tertiary/aromatic N) is 1. The molecule has 2 unspecified atom stereocenters. The van der Waals surface area contributed by atoms with Crippen LogP contribution in [-0.2, 0) is 0 Å². The van der Waals surface area contributed by atoms with Crippen molar-refractivity contribution in [2.75, 3.05) is 20.2 Å². The fourth-order valence-corrected chi connectivity index (χ4v) is 3.47. The van der Waals surface area contributed by atoms with Crippen LogP contribution in [0.15, 0.2) is 6.07 Å². The van der Waals surface area contributed by atoms with E-state index in [-0.39, 0.29) is 17.9 Å². The molecule has 2 rings (SSSR count). The smallest absolute Gasteiger partial charge is 0.267 e. The van der Waals surface area contributed by atoms with Crippen molar-refractivity contribution in [1.82, 2.24) is 4.90 Å². The summed E-state index contributed by atoms with van der Waals surface area (Å²) in [4.78, 5) is 16.1. The Labute approximate surface area is 118 Å². The number of likely N-dealkylation sites (tertiary alicyclic amines) is 1. The third-order valence-corrected chi connectivity index (χ3v) is 4.68. The summed E-state index contributed by atoms with van der Waals surface area (Å²) in [5.74, 6) is 0.872. The molecule has 0 aromatic carbocycles. The standard InChI is InChI=1S/C14H21NO3S/c1-9-7-12(18-3)13(19-9)14(17)15-6-4-5-11(8-15)10(2)16/h7,10-11,16H,4-6,8H2,1-3H3. The number of hydrogen-bond acceptors (Lipinski definition) is 4. The van der Waals surface area contributed by atoms with Gasteiger partial charge in [-0.2, -0.15) is 0 Å². The van der Waals surface area contributed by atoms with Gasteiger partial charge >= 0.3 is 0 Å². The quantitative estimate of drug-likeness (QED) is 0.926. The van der Waals surface area contributed by atoms with Crippen LogP contribution < -0.4 is 4.74 Å². The summed E-state index contributed by atoms with van der Waals surface area (Å²) < 4.78 is 5.27. The molecule has 1 N–H and O–H groups in total. The molecule has 2 heterocycles. The summed E-state index contributed by atoms with van der Waals surface area (Å²) >= 11 is 1.47. The molecule has 1 saturated heterocycles. The largest absolute Gasteiger partial charge is 0.495 e. The number of carbonyl (C=O) groups excluding carboxylic acids is 1. The number of thiophene rings is 1. The number of aliphatic hydroxyl groups is 1. The van der Waals surface area contributed by atoms with Crippen molar-refractivity contribution >= 4 is 17.2 Å². The fourth-order valence-electron chi connectivity index (χ4n) is 2.52. The summed E-state index contributed by atoms with van der Waals surface area (Å²) in [5.41, 5.74) is 0. The number of aryl methyl sites for hydroxylation is 1. The maximum atomic E-state index is 12.5. The van der Waals surface area contributed by atoms with Gasteiger partial charge in [-0.15, -0.1) is 11.3 Å². The molecule has 0 aliphatic carbocycles. The van der Waals surface area contributed by atoms with Crippen LogP contribution in [0.4, 0.5) is 0 Å². The van der Waals surface area contributed by atoms with Crippen molar-refractivity contribution in [3.05, 3.63) is 15.8 Å². The van der Waals surface area contributed by atoms with Crippen molar-refractivity contribution in [2.24, 2.45) is 5.92 Å². The Kier molecular flexibility index (Phi) is 4.47. The number of rotatable bonds is 3. The van der Waals surface area contributed by atoms with Gasteiger partial charge in [-0.25, -0.2) is 0 Å². The molecular formula is C14H21NO3S. The third kappa shape index (κ3) is 3.09. The van der Waals surface area contributed by atoms with E-state index in [1.54, 1.807) is 14.0 Å². The first kappa shape index (κ1) is 14.3. The predicted molar refractivity (Wildman–Crippen MR) is 75.9 cm³/mol. The number of methoxy groups -OCH3 is 1. The van der Waals surface area contributed by atoms with Crippen molar-refractivity contribution in [2.45, 2.75) is 32.8 Å². The van der Waals surface area contributed by atoms with E-state index in [9.17, 15) is 9.90 Å². The number of amides is 1. The topological polar surface area (TPSA) is 49.8 Å². The highest BCUT2D eigenvalue weighted by Crippen LogP contribution is 2.31. The predicted octanol–water partition coefficient (Wildman–Crippen LogP) is 2.30. The number of hydrogen-bond donors (Lipinski definition) is 1. The van der Waals surface area contributed by atoms with Crippen LogP contribution in [0.3, 0.4) is 0 Å². The van der Waals surface area contributed by atoms with Crippen molar-refractivity contribution in [3.63, 3.8) is 0 Å². The Hall–Kier alpha value is -1.07. The van der Waals surface area contributed by atoms with Gasteiger partial charge in [0.2, 0.25) is 0 Å². The zero-order chi connectivity index (χ0) is 14.0. The average molecular weight is 283 g/mol. The van der Waals surface area contributed by atoms with Crippen LogP contribution in [0.25, 0.3) is 0 Å². The summed E-state index contributed by atoms with van der Waals surface area (Å²) in [6.07, 6.45) is 1.58. The highest BCUT2D eigenvalue weighted by Gasteiger charge is 2.29. The van der Waals surface area contributed by atoms with Gasteiger partial charge < -0.3 is 14.7 Å². The molecule has 106 valence electrons. The Morgan fingerprint density at radius 1 is 1.63 bits per heavy atom. The van der Waals surface area contributed by atoms with E-state index in [1.807, 2.05) is 17.9 Å². The number of piperidine rings is 1. The van der Waals surface area contributed by atoms with Crippen LogP contribution in [-0.4, -0.2) is 42.2 Å². The molecule has 1 aromatic heterocycles. The molecule has 5 heteroatoms. The first-order valence-electron chi connectivity index (χ1n) is 6.64. The lowest BCUT2D eigenvalue weighted by molar-refractivity contribution is 0.0467. The molecule has 0 radical (unpaired) electrons. The van der Waals surface area contributed by atoms with Crippen molar-refractivity contribution < 1.29 is 14.6 Å². The zero-order valence-corrected chi connectivity index (χ0v) is 12.5. The monoisotopic (exact) mass is 283 g/mol. The zero-order valence-electron chi connectivity index (χ0n) is 11.7. The average Bonchev–Trinajstić information content (AvgIpc) is 2.79. The van der Waals surface area contributed by atoms with Crippen LogP contribution >= 0.6 is 11.3 Å². The molecule has 19 heavy (non-hydrogen) atoms. The summed E-state index contributed by atoms with van der Waals surface area (Å²) in [6.45, 7) is 5.17. The second kappa shape index (κ2) is 5.92. The van der Waals surface area contributed by atoms with Gasteiger partial charge in [-0.3, -0.25) is 4.79 Å². The minimum atomic E-state index is -0.359. The highest BCUT2D eigenvalue weighted by atomic mass is 32.1. The fraction of sp³-hybridized carbons (Fsp3) is 0.643.